The number of hydrogen-bond donors (Lipinski definition) is 1. The Hall–Kier alpha value is -2.27. The second-order valence-electron chi connectivity index (χ2n) is 3.70. The third-order valence-electron chi connectivity index (χ3n) is 2.55. The Morgan fingerprint density at radius 2 is 1.94 bits per heavy atom. The third-order valence-corrected chi connectivity index (χ3v) is 3.43. The Morgan fingerprint density at radius 3 is 2.67 bits per heavy atom. The molecule has 88 valence electrons. The van der Waals surface area contributed by atoms with Gasteiger partial charge in [0.25, 0.3) is 0 Å². The Labute approximate surface area is 108 Å². The minimum absolute atomic E-state index is 0.288. The minimum atomic E-state index is 0.288. The molecule has 0 atom stereocenters. The van der Waals surface area contributed by atoms with Crippen LogP contribution in [-0.2, 0) is 0 Å². The van der Waals surface area contributed by atoms with Gasteiger partial charge in [-0.2, -0.15) is 0 Å². The average molecular weight is 254 g/mol. The summed E-state index contributed by atoms with van der Waals surface area (Å²) in [5.74, 6) is 0.288. The lowest BCUT2D eigenvalue weighted by molar-refractivity contribution is 1.19. The van der Waals surface area contributed by atoms with Crippen molar-refractivity contribution < 1.29 is 0 Å². The number of nitrogen functional groups attached to an aromatic ring is 1. The van der Waals surface area contributed by atoms with Crippen LogP contribution in [0.1, 0.15) is 0 Å². The number of pyridine rings is 1. The van der Waals surface area contributed by atoms with Gasteiger partial charge in [0.15, 0.2) is 0 Å². The number of aromatic nitrogens is 3. The first-order chi connectivity index (χ1) is 8.84. The topological polar surface area (TPSA) is 64.7 Å². The Balaban J connectivity index is 2.21. The van der Waals surface area contributed by atoms with Crippen molar-refractivity contribution in [2.45, 2.75) is 0 Å². The van der Waals surface area contributed by atoms with Crippen molar-refractivity contribution >= 4 is 17.3 Å². The molecule has 0 fully saturated rings. The highest BCUT2D eigenvalue weighted by Crippen LogP contribution is 2.32. The smallest absolute Gasteiger partial charge is 0.220 e. The summed E-state index contributed by atoms with van der Waals surface area (Å²) in [6, 6.07) is 7.89. The van der Waals surface area contributed by atoms with Crippen LogP contribution in [0.4, 0.5) is 5.95 Å². The molecule has 3 heterocycles. The van der Waals surface area contributed by atoms with Crippen LogP contribution < -0.4 is 5.73 Å². The Morgan fingerprint density at radius 1 is 1.11 bits per heavy atom. The summed E-state index contributed by atoms with van der Waals surface area (Å²) >= 11 is 1.63. The lowest BCUT2D eigenvalue weighted by Crippen LogP contribution is -1.97. The van der Waals surface area contributed by atoms with E-state index >= 15 is 0 Å². The van der Waals surface area contributed by atoms with Gasteiger partial charge in [0.05, 0.1) is 10.6 Å². The summed E-state index contributed by atoms with van der Waals surface area (Å²) in [6.07, 6.45) is 5.26. The predicted molar refractivity (Wildman–Crippen MR) is 73.0 cm³/mol. The molecular weight excluding hydrogens is 244 g/mol. The van der Waals surface area contributed by atoms with Crippen molar-refractivity contribution in [1.82, 2.24) is 15.0 Å². The first-order valence-corrected chi connectivity index (χ1v) is 6.29. The first kappa shape index (κ1) is 10.9. The molecule has 0 amide bonds. The van der Waals surface area contributed by atoms with Gasteiger partial charge in [-0.3, -0.25) is 4.98 Å². The molecule has 18 heavy (non-hydrogen) atoms. The van der Waals surface area contributed by atoms with E-state index in [0.29, 0.717) is 0 Å². The van der Waals surface area contributed by atoms with Crippen molar-refractivity contribution in [3.05, 3.63) is 48.2 Å². The van der Waals surface area contributed by atoms with Gasteiger partial charge >= 0.3 is 0 Å². The number of rotatable bonds is 2. The number of nitrogens with two attached hydrogens (primary N) is 1. The summed E-state index contributed by atoms with van der Waals surface area (Å²) in [5, 5.41) is 2.02. The second kappa shape index (κ2) is 4.54. The second-order valence-corrected chi connectivity index (χ2v) is 4.65. The molecule has 0 unspecified atom stereocenters. The van der Waals surface area contributed by atoms with Gasteiger partial charge < -0.3 is 5.73 Å². The zero-order chi connectivity index (χ0) is 12.4. The fourth-order valence-corrected chi connectivity index (χ4v) is 2.47. The van der Waals surface area contributed by atoms with Crippen LogP contribution in [0, 0.1) is 0 Å². The molecule has 0 spiro atoms. The summed E-state index contributed by atoms with van der Waals surface area (Å²) in [7, 11) is 0. The molecule has 3 aromatic rings. The molecule has 3 aromatic heterocycles. The maximum Gasteiger partial charge on any atom is 0.220 e. The number of nitrogens with zero attached hydrogens (tertiary/aromatic N) is 3. The maximum atomic E-state index is 5.68. The molecule has 0 saturated heterocycles. The average Bonchev–Trinajstić information content (AvgIpc) is 2.93. The minimum Gasteiger partial charge on any atom is -0.368 e. The van der Waals surface area contributed by atoms with E-state index < -0.39 is 0 Å². The van der Waals surface area contributed by atoms with Crippen molar-refractivity contribution in [3.63, 3.8) is 0 Å². The lowest BCUT2D eigenvalue weighted by Gasteiger charge is -2.07. The van der Waals surface area contributed by atoms with E-state index in [-0.39, 0.29) is 5.95 Å². The highest BCUT2D eigenvalue weighted by atomic mass is 32.1. The van der Waals surface area contributed by atoms with E-state index in [1.54, 1.807) is 29.9 Å². The molecule has 2 N–H and O–H groups in total. The summed E-state index contributed by atoms with van der Waals surface area (Å²) < 4.78 is 0. The van der Waals surface area contributed by atoms with Crippen LogP contribution in [0.2, 0.25) is 0 Å². The van der Waals surface area contributed by atoms with E-state index in [1.165, 1.54) is 0 Å². The molecule has 0 radical (unpaired) electrons. The lowest BCUT2D eigenvalue weighted by atomic mass is 10.1. The van der Waals surface area contributed by atoms with Crippen LogP contribution in [0.5, 0.6) is 0 Å². The molecule has 0 aromatic carbocycles. The SMILES string of the molecule is Nc1ncc(-c2ccncc2)c(-c2cccs2)n1. The van der Waals surface area contributed by atoms with Gasteiger partial charge in [-0.15, -0.1) is 11.3 Å². The summed E-state index contributed by atoms with van der Waals surface area (Å²) in [6.45, 7) is 0. The van der Waals surface area contributed by atoms with Crippen molar-refractivity contribution in [2.75, 3.05) is 5.73 Å². The van der Waals surface area contributed by atoms with Gasteiger partial charge in [-0.1, -0.05) is 6.07 Å². The predicted octanol–water partition coefficient (Wildman–Crippen LogP) is 2.85. The molecule has 3 rings (SSSR count). The van der Waals surface area contributed by atoms with Gasteiger partial charge in [-0.05, 0) is 29.1 Å². The molecule has 0 aliphatic heterocycles. The van der Waals surface area contributed by atoms with Crippen molar-refractivity contribution in [3.8, 4) is 21.7 Å². The molecule has 0 bridgehead atoms. The molecule has 0 aliphatic carbocycles. The molecular formula is C13H10N4S. The summed E-state index contributed by atoms with van der Waals surface area (Å²) in [5.41, 5.74) is 8.55. The number of thiophene rings is 1. The van der Waals surface area contributed by atoms with E-state index in [1.807, 2.05) is 29.6 Å². The van der Waals surface area contributed by atoms with Gasteiger partial charge in [0, 0.05) is 24.2 Å². The number of hydrogen-bond acceptors (Lipinski definition) is 5. The largest absolute Gasteiger partial charge is 0.368 e. The molecule has 0 saturated carbocycles. The molecule has 5 heteroatoms. The van der Waals surface area contributed by atoms with Crippen molar-refractivity contribution in [2.24, 2.45) is 0 Å². The van der Waals surface area contributed by atoms with Crippen LogP contribution >= 0.6 is 11.3 Å². The van der Waals surface area contributed by atoms with E-state index in [9.17, 15) is 0 Å². The van der Waals surface area contributed by atoms with E-state index in [0.717, 1.165) is 21.7 Å². The fourth-order valence-electron chi connectivity index (χ4n) is 1.74. The zero-order valence-corrected chi connectivity index (χ0v) is 10.3. The van der Waals surface area contributed by atoms with Gasteiger partial charge in [0.2, 0.25) is 5.95 Å². The van der Waals surface area contributed by atoms with Gasteiger partial charge in [0.1, 0.15) is 0 Å². The molecule has 0 aliphatic rings. The Kier molecular flexibility index (Phi) is 2.74. The normalized spacial score (nSPS) is 10.4. The highest BCUT2D eigenvalue weighted by molar-refractivity contribution is 7.13. The van der Waals surface area contributed by atoms with Gasteiger partial charge in [-0.25, -0.2) is 9.97 Å². The van der Waals surface area contributed by atoms with Crippen molar-refractivity contribution in [1.29, 1.82) is 0 Å². The van der Waals surface area contributed by atoms with Crippen LogP contribution in [0.25, 0.3) is 21.7 Å². The highest BCUT2D eigenvalue weighted by Gasteiger charge is 2.11. The third kappa shape index (κ3) is 1.96. The standard InChI is InChI=1S/C13H10N4S/c14-13-16-8-10(9-3-5-15-6-4-9)12(17-13)11-2-1-7-18-11/h1-8H,(H2,14,16,17). The fraction of sp³-hybridized carbons (Fsp3) is 0. The van der Waals surface area contributed by atoms with Crippen LogP contribution in [-0.4, -0.2) is 15.0 Å². The quantitative estimate of drug-likeness (QED) is 0.763. The van der Waals surface area contributed by atoms with E-state index in [2.05, 4.69) is 15.0 Å². The zero-order valence-electron chi connectivity index (χ0n) is 9.45. The van der Waals surface area contributed by atoms with Crippen LogP contribution in [0.3, 0.4) is 0 Å². The van der Waals surface area contributed by atoms with E-state index in [4.69, 9.17) is 5.73 Å². The van der Waals surface area contributed by atoms with Crippen LogP contribution in [0.15, 0.2) is 48.2 Å². The monoisotopic (exact) mass is 254 g/mol. The molecule has 4 nitrogen and oxygen atoms in total. The number of anilines is 1. The Bertz CT molecular complexity index is 650. The maximum absolute atomic E-state index is 5.68. The first-order valence-electron chi connectivity index (χ1n) is 5.41. The summed E-state index contributed by atoms with van der Waals surface area (Å²) in [4.78, 5) is 13.5.